The SMILES string of the molecule is CCN(CC)c1cc(C(N)=O)cc(C(F)(F)F)c1. The summed E-state index contributed by atoms with van der Waals surface area (Å²) in [4.78, 5) is 12.8. The highest BCUT2D eigenvalue weighted by atomic mass is 19.4. The van der Waals surface area contributed by atoms with Crippen LogP contribution in [0.3, 0.4) is 0 Å². The summed E-state index contributed by atoms with van der Waals surface area (Å²) in [6, 6.07) is 3.18. The smallest absolute Gasteiger partial charge is 0.372 e. The van der Waals surface area contributed by atoms with E-state index >= 15 is 0 Å². The van der Waals surface area contributed by atoms with Crippen molar-refractivity contribution in [3.05, 3.63) is 29.3 Å². The normalized spacial score (nSPS) is 11.4. The molecule has 6 heteroatoms. The molecular weight excluding hydrogens is 245 g/mol. The monoisotopic (exact) mass is 260 g/mol. The largest absolute Gasteiger partial charge is 0.416 e. The number of amides is 1. The molecule has 1 aromatic rings. The van der Waals surface area contributed by atoms with Crippen molar-refractivity contribution in [2.75, 3.05) is 18.0 Å². The van der Waals surface area contributed by atoms with Crippen LogP contribution in [0.1, 0.15) is 29.8 Å². The molecule has 0 saturated heterocycles. The van der Waals surface area contributed by atoms with Crippen LogP contribution in [0.5, 0.6) is 0 Å². The maximum absolute atomic E-state index is 12.7. The number of carbonyl (C=O) groups is 1. The molecule has 1 aromatic carbocycles. The second-order valence-corrected chi connectivity index (χ2v) is 3.80. The molecular formula is C12H15F3N2O. The topological polar surface area (TPSA) is 46.3 Å². The van der Waals surface area contributed by atoms with E-state index in [-0.39, 0.29) is 5.56 Å². The molecule has 0 bridgehead atoms. The molecule has 100 valence electrons. The molecule has 18 heavy (non-hydrogen) atoms. The van der Waals surface area contributed by atoms with Gasteiger partial charge in [0.1, 0.15) is 0 Å². The number of anilines is 1. The zero-order valence-electron chi connectivity index (χ0n) is 10.2. The van der Waals surface area contributed by atoms with Gasteiger partial charge in [0, 0.05) is 24.3 Å². The maximum atomic E-state index is 12.7. The molecule has 0 spiro atoms. The van der Waals surface area contributed by atoms with Crippen LogP contribution in [0, 0.1) is 0 Å². The molecule has 3 nitrogen and oxygen atoms in total. The molecule has 1 amide bonds. The number of hydrogen-bond donors (Lipinski definition) is 1. The van der Waals surface area contributed by atoms with Crippen LogP contribution in [-0.4, -0.2) is 19.0 Å². The van der Waals surface area contributed by atoms with E-state index in [1.54, 1.807) is 4.90 Å². The van der Waals surface area contributed by atoms with Gasteiger partial charge in [-0.1, -0.05) is 0 Å². The van der Waals surface area contributed by atoms with Crippen molar-refractivity contribution in [3.8, 4) is 0 Å². The van der Waals surface area contributed by atoms with Crippen LogP contribution >= 0.6 is 0 Å². The van der Waals surface area contributed by atoms with Gasteiger partial charge in [-0.2, -0.15) is 13.2 Å². The van der Waals surface area contributed by atoms with Gasteiger partial charge in [0.05, 0.1) is 5.56 Å². The summed E-state index contributed by atoms with van der Waals surface area (Å²) in [6.07, 6.45) is -4.49. The summed E-state index contributed by atoms with van der Waals surface area (Å²) in [7, 11) is 0. The average Bonchev–Trinajstić information content (AvgIpc) is 2.29. The van der Waals surface area contributed by atoms with E-state index < -0.39 is 17.6 Å². The molecule has 0 aliphatic rings. The molecule has 0 heterocycles. The lowest BCUT2D eigenvalue weighted by Gasteiger charge is -2.22. The van der Waals surface area contributed by atoms with E-state index in [2.05, 4.69) is 0 Å². The molecule has 0 aliphatic carbocycles. The van der Waals surface area contributed by atoms with Crippen LogP contribution in [0.4, 0.5) is 18.9 Å². The second-order valence-electron chi connectivity index (χ2n) is 3.80. The van der Waals surface area contributed by atoms with Crippen LogP contribution in [0.15, 0.2) is 18.2 Å². The lowest BCUT2D eigenvalue weighted by molar-refractivity contribution is -0.137. The van der Waals surface area contributed by atoms with Crippen LogP contribution in [0.25, 0.3) is 0 Å². The fourth-order valence-corrected chi connectivity index (χ4v) is 1.69. The molecule has 0 aliphatic heterocycles. The standard InChI is InChI=1S/C12H15F3N2O/c1-3-17(4-2)10-6-8(11(16)18)5-9(7-10)12(13,14)15/h5-7H,3-4H2,1-2H3,(H2,16,18). The number of benzene rings is 1. The summed E-state index contributed by atoms with van der Waals surface area (Å²) in [5.74, 6) is -0.866. The number of rotatable bonds is 4. The Morgan fingerprint density at radius 1 is 1.22 bits per heavy atom. The van der Waals surface area contributed by atoms with Crippen molar-refractivity contribution in [2.24, 2.45) is 5.73 Å². The highest BCUT2D eigenvalue weighted by molar-refractivity contribution is 5.94. The number of nitrogens with two attached hydrogens (primary N) is 1. The summed E-state index contributed by atoms with van der Waals surface area (Å²) in [6.45, 7) is 4.76. The summed E-state index contributed by atoms with van der Waals surface area (Å²) in [5.41, 5.74) is 4.41. The fraction of sp³-hybridized carbons (Fsp3) is 0.417. The highest BCUT2D eigenvalue weighted by Gasteiger charge is 2.32. The van der Waals surface area contributed by atoms with Gasteiger partial charge < -0.3 is 10.6 Å². The summed E-state index contributed by atoms with van der Waals surface area (Å²) < 4.78 is 38.1. The van der Waals surface area contributed by atoms with Crippen molar-refractivity contribution in [1.82, 2.24) is 0 Å². The van der Waals surface area contributed by atoms with Crippen LogP contribution < -0.4 is 10.6 Å². The lowest BCUT2D eigenvalue weighted by atomic mass is 10.1. The van der Waals surface area contributed by atoms with Crippen molar-refractivity contribution >= 4 is 11.6 Å². The quantitative estimate of drug-likeness (QED) is 0.904. The number of primary amides is 1. The van der Waals surface area contributed by atoms with Gasteiger partial charge in [0.25, 0.3) is 0 Å². The fourth-order valence-electron chi connectivity index (χ4n) is 1.69. The van der Waals surface area contributed by atoms with Crippen molar-refractivity contribution < 1.29 is 18.0 Å². The average molecular weight is 260 g/mol. The number of alkyl halides is 3. The maximum Gasteiger partial charge on any atom is 0.416 e. The predicted octanol–water partition coefficient (Wildman–Crippen LogP) is 2.65. The summed E-state index contributed by atoms with van der Waals surface area (Å²) >= 11 is 0. The minimum atomic E-state index is -4.49. The number of nitrogens with zero attached hydrogens (tertiary/aromatic N) is 1. The first kappa shape index (κ1) is 14.3. The Hall–Kier alpha value is -1.72. The van der Waals surface area contributed by atoms with E-state index in [1.807, 2.05) is 13.8 Å². The Bertz CT molecular complexity index is 439. The van der Waals surface area contributed by atoms with Gasteiger partial charge >= 0.3 is 6.18 Å². The van der Waals surface area contributed by atoms with Gasteiger partial charge in [-0.05, 0) is 32.0 Å². The predicted molar refractivity (Wildman–Crippen MR) is 63.5 cm³/mol. The molecule has 0 radical (unpaired) electrons. The van der Waals surface area contributed by atoms with Crippen LogP contribution in [0.2, 0.25) is 0 Å². The molecule has 2 N–H and O–H groups in total. The Balaban J connectivity index is 3.35. The van der Waals surface area contributed by atoms with E-state index in [9.17, 15) is 18.0 Å². The molecule has 0 saturated carbocycles. The van der Waals surface area contributed by atoms with E-state index in [0.29, 0.717) is 18.8 Å². The highest BCUT2D eigenvalue weighted by Crippen LogP contribution is 2.32. The van der Waals surface area contributed by atoms with Crippen molar-refractivity contribution in [2.45, 2.75) is 20.0 Å². The van der Waals surface area contributed by atoms with Crippen molar-refractivity contribution in [3.63, 3.8) is 0 Å². The van der Waals surface area contributed by atoms with Gasteiger partial charge in [-0.25, -0.2) is 0 Å². The first-order valence-electron chi connectivity index (χ1n) is 5.56. The Labute approximate surface area is 103 Å². The first-order valence-corrected chi connectivity index (χ1v) is 5.56. The number of carbonyl (C=O) groups excluding carboxylic acids is 1. The van der Waals surface area contributed by atoms with Gasteiger partial charge in [-0.3, -0.25) is 4.79 Å². The van der Waals surface area contributed by atoms with E-state index in [0.717, 1.165) is 12.1 Å². The Kier molecular flexibility index (Phi) is 4.21. The molecule has 0 atom stereocenters. The van der Waals surface area contributed by atoms with E-state index in [4.69, 9.17) is 5.73 Å². The van der Waals surface area contributed by atoms with Gasteiger partial charge in [0.2, 0.25) is 5.91 Å². The number of halogens is 3. The molecule has 0 unspecified atom stereocenters. The second kappa shape index (κ2) is 5.29. The minimum absolute atomic E-state index is 0.133. The van der Waals surface area contributed by atoms with Gasteiger partial charge in [-0.15, -0.1) is 0 Å². The Morgan fingerprint density at radius 3 is 2.17 bits per heavy atom. The van der Waals surface area contributed by atoms with Gasteiger partial charge in [0.15, 0.2) is 0 Å². The third-order valence-corrected chi connectivity index (χ3v) is 2.66. The van der Waals surface area contributed by atoms with E-state index in [1.165, 1.54) is 6.07 Å². The lowest BCUT2D eigenvalue weighted by Crippen LogP contribution is -2.23. The van der Waals surface area contributed by atoms with Crippen LogP contribution in [-0.2, 0) is 6.18 Å². The molecule has 0 aromatic heterocycles. The third kappa shape index (κ3) is 3.15. The Morgan fingerprint density at radius 2 is 1.78 bits per heavy atom. The van der Waals surface area contributed by atoms with Crippen molar-refractivity contribution in [1.29, 1.82) is 0 Å². The molecule has 1 rings (SSSR count). The first-order chi connectivity index (χ1) is 8.29. The number of hydrogen-bond acceptors (Lipinski definition) is 2. The third-order valence-electron chi connectivity index (χ3n) is 2.66. The summed E-state index contributed by atoms with van der Waals surface area (Å²) in [5, 5.41) is 0. The minimum Gasteiger partial charge on any atom is -0.372 e. The zero-order chi connectivity index (χ0) is 13.9. The molecule has 0 fully saturated rings. The zero-order valence-corrected chi connectivity index (χ0v) is 10.2.